The van der Waals surface area contributed by atoms with Crippen LogP contribution in [-0.4, -0.2) is 40.9 Å². The number of carbonyl (C=O) groups excluding carboxylic acids is 2. The molecule has 1 heterocycles. The van der Waals surface area contributed by atoms with Crippen LogP contribution in [0.2, 0.25) is 0 Å². The van der Waals surface area contributed by atoms with Gasteiger partial charge in [0.05, 0.1) is 6.04 Å². The van der Waals surface area contributed by atoms with Crippen molar-refractivity contribution in [1.29, 1.82) is 0 Å². The average molecular weight is 241 g/mol. The Morgan fingerprint density at radius 3 is 2.53 bits per heavy atom. The van der Waals surface area contributed by atoms with E-state index in [1.165, 1.54) is 4.90 Å². The van der Waals surface area contributed by atoms with Gasteiger partial charge in [-0.1, -0.05) is 34.1 Å². The van der Waals surface area contributed by atoms with Gasteiger partial charge in [-0.25, -0.2) is 0 Å². The summed E-state index contributed by atoms with van der Waals surface area (Å²) in [7, 11) is 0. The zero-order valence-electron chi connectivity index (χ0n) is 11.1. The number of nitrogens with zero attached hydrogens (tertiary/aromatic N) is 1. The molecule has 1 amide bonds. The maximum atomic E-state index is 12.1. The summed E-state index contributed by atoms with van der Waals surface area (Å²) in [5.41, 5.74) is -0.491. The third-order valence-corrected chi connectivity index (χ3v) is 3.58. The van der Waals surface area contributed by atoms with E-state index < -0.39 is 11.5 Å². The van der Waals surface area contributed by atoms with E-state index in [2.05, 4.69) is 0 Å². The molecular weight excluding hydrogens is 218 g/mol. The molecule has 0 aliphatic carbocycles. The van der Waals surface area contributed by atoms with Crippen molar-refractivity contribution in [1.82, 2.24) is 4.90 Å². The number of aliphatic hydroxyl groups excluding tert-OH is 1. The lowest BCUT2D eigenvalue weighted by molar-refractivity contribution is -0.148. The minimum Gasteiger partial charge on any atom is -0.383 e. The molecule has 17 heavy (non-hydrogen) atoms. The number of carbonyl (C=O) groups is 2. The molecule has 1 rings (SSSR count). The fraction of sp³-hybridized carbons (Fsp3) is 0.846. The first-order valence-electron chi connectivity index (χ1n) is 6.26. The molecule has 1 aliphatic rings. The van der Waals surface area contributed by atoms with Gasteiger partial charge in [0.25, 0.3) is 5.91 Å². The predicted molar refractivity (Wildman–Crippen MR) is 65.4 cm³/mol. The van der Waals surface area contributed by atoms with Gasteiger partial charge in [-0.15, -0.1) is 0 Å². The molecule has 98 valence electrons. The highest BCUT2D eigenvalue weighted by Crippen LogP contribution is 2.29. The molecule has 1 unspecified atom stereocenters. The van der Waals surface area contributed by atoms with E-state index in [-0.39, 0.29) is 17.9 Å². The number of amides is 1. The van der Waals surface area contributed by atoms with Crippen LogP contribution in [0.3, 0.4) is 0 Å². The van der Waals surface area contributed by atoms with Crippen LogP contribution in [0.25, 0.3) is 0 Å². The van der Waals surface area contributed by atoms with E-state index in [0.29, 0.717) is 6.54 Å². The molecule has 0 aromatic rings. The van der Waals surface area contributed by atoms with Crippen LogP contribution in [0.5, 0.6) is 0 Å². The maximum Gasteiger partial charge on any atom is 0.252 e. The average Bonchev–Trinajstić information content (AvgIpc) is 2.68. The molecule has 4 nitrogen and oxygen atoms in total. The van der Waals surface area contributed by atoms with E-state index in [1.54, 1.807) is 0 Å². The number of hydrogen-bond acceptors (Lipinski definition) is 3. The Morgan fingerprint density at radius 2 is 2.12 bits per heavy atom. The van der Waals surface area contributed by atoms with Gasteiger partial charge >= 0.3 is 0 Å². The van der Waals surface area contributed by atoms with Gasteiger partial charge in [0.1, 0.15) is 12.4 Å². The highest BCUT2D eigenvalue weighted by molar-refractivity contribution is 5.84. The lowest BCUT2D eigenvalue weighted by Crippen LogP contribution is -2.48. The fourth-order valence-corrected chi connectivity index (χ4v) is 2.29. The van der Waals surface area contributed by atoms with Crippen LogP contribution in [0.4, 0.5) is 0 Å². The van der Waals surface area contributed by atoms with Gasteiger partial charge in [0, 0.05) is 6.54 Å². The molecule has 0 aromatic heterocycles. The fourth-order valence-electron chi connectivity index (χ4n) is 2.29. The van der Waals surface area contributed by atoms with Crippen LogP contribution >= 0.6 is 0 Å². The second-order valence-corrected chi connectivity index (χ2v) is 5.88. The summed E-state index contributed by atoms with van der Waals surface area (Å²) >= 11 is 0. The Morgan fingerprint density at radius 1 is 1.53 bits per heavy atom. The topological polar surface area (TPSA) is 57.6 Å². The summed E-state index contributed by atoms with van der Waals surface area (Å²) in [6, 6.07) is -0.357. The Bertz CT molecular complexity index is 296. The molecule has 0 aromatic carbocycles. The zero-order chi connectivity index (χ0) is 13.2. The number of rotatable bonds is 3. The number of aliphatic hydroxyl groups is 1. The maximum absolute atomic E-state index is 12.1. The summed E-state index contributed by atoms with van der Waals surface area (Å²) in [5.74, 6) is -0.0748. The first-order valence-corrected chi connectivity index (χ1v) is 6.26. The Balaban J connectivity index is 2.80. The van der Waals surface area contributed by atoms with Gasteiger partial charge < -0.3 is 14.8 Å². The highest BCUT2D eigenvalue weighted by Gasteiger charge is 2.40. The van der Waals surface area contributed by atoms with Crippen molar-refractivity contribution in [2.24, 2.45) is 11.3 Å². The van der Waals surface area contributed by atoms with Crippen LogP contribution in [0, 0.1) is 11.3 Å². The molecular formula is C13H23NO3. The van der Waals surface area contributed by atoms with E-state index in [0.717, 1.165) is 19.1 Å². The van der Waals surface area contributed by atoms with Gasteiger partial charge in [-0.2, -0.15) is 0 Å². The summed E-state index contributed by atoms with van der Waals surface area (Å²) in [4.78, 5) is 24.8. The first kappa shape index (κ1) is 14.2. The third kappa shape index (κ3) is 2.86. The van der Waals surface area contributed by atoms with E-state index in [4.69, 9.17) is 0 Å². The number of hydrogen-bond donors (Lipinski definition) is 1. The molecule has 3 atom stereocenters. The third-order valence-electron chi connectivity index (χ3n) is 3.58. The zero-order valence-corrected chi connectivity index (χ0v) is 11.1. The summed E-state index contributed by atoms with van der Waals surface area (Å²) in [5, 5.41) is 9.98. The summed E-state index contributed by atoms with van der Waals surface area (Å²) in [6.45, 7) is 8.06. The smallest absolute Gasteiger partial charge is 0.252 e. The van der Waals surface area contributed by atoms with Crippen molar-refractivity contribution >= 4 is 12.2 Å². The molecule has 1 N–H and O–H groups in total. The van der Waals surface area contributed by atoms with Crippen molar-refractivity contribution in [3.63, 3.8) is 0 Å². The number of likely N-dealkylation sites (tertiary alicyclic amines) is 1. The van der Waals surface area contributed by atoms with E-state index in [1.807, 2.05) is 27.7 Å². The Labute approximate surface area is 103 Å². The van der Waals surface area contributed by atoms with E-state index >= 15 is 0 Å². The van der Waals surface area contributed by atoms with Crippen molar-refractivity contribution in [2.45, 2.75) is 52.7 Å². The molecule has 0 saturated carbocycles. The van der Waals surface area contributed by atoms with E-state index in [9.17, 15) is 14.7 Å². The lowest BCUT2D eigenvalue weighted by atomic mass is 9.88. The normalized spacial score (nSPS) is 27.0. The minimum atomic E-state index is -1.04. The second kappa shape index (κ2) is 5.17. The largest absolute Gasteiger partial charge is 0.383 e. The minimum absolute atomic E-state index is 0.239. The highest BCUT2D eigenvalue weighted by atomic mass is 16.3. The second-order valence-electron chi connectivity index (χ2n) is 5.88. The number of aldehydes is 1. The summed E-state index contributed by atoms with van der Waals surface area (Å²) in [6.07, 6.45) is 1.54. The molecule has 4 heteroatoms. The molecule has 0 radical (unpaired) electrons. The van der Waals surface area contributed by atoms with Crippen LogP contribution in [0.1, 0.15) is 40.5 Å². The molecule has 1 fully saturated rings. The SMILES string of the molecule is CC[C@@H]1CCN(C(=O)[C@@H](O)C(C)(C)C)C1C=O. The quantitative estimate of drug-likeness (QED) is 0.756. The standard InChI is InChI=1S/C13H23NO3/c1-5-9-6-7-14(10(9)8-15)12(17)11(16)13(2,3)4/h8-11,16H,5-7H2,1-4H3/t9-,10?,11-/m1/s1. The van der Waals surface area contributed by atoms with Crippen LogP contribution in [0.15, 0.2) is 0 Å². The van der Waals surface area contributed by atoms with Crippen molar-refractivity contribution in [3.8, 4) is 0 Å². The van der Waals surface area contributed by atoms with Crippen LogP contribution < -0.4 is 0 Å². The monoisotopic (exact) mass is 241 g/mol. The molecule has 1 aliphatic heterocycles. The van der Waals surface area contributed by atoms with Gasteiger partial charge in [-0.05, 0) is 17.8 Å². The van der Waals surface area contributed by atoms with Gasteiger partial charge in [0.2, 0.25) is 0 Å². The van der Waals surface area contributed by atoms with Crippen molar-refractivity contribution in [2.75, 3.05) is 6.54 Å². The molecule has 0 spiro atoms. The van der Waals surface area contributed by atoms with Crippen molar-refractivity contribution in [3.05, 3.63) is 0 Å². The summed E-state index contributed by atoms with van der Waals surface area (Å²) < 4.78 is 0. The van der Waals surface area contributed by atoms with Gasteiger partial charge in [0.15, 0.2) is 0 Å². The first-order chi connectivity index (χ1) is 7.82. The van der Waals surface area contributed by atoms with Crippen molar-refractivity contribution < 1.29 is 14.7 Å². The Hall–Kier alpha value is -0.900. The predicted octanol–water partition coefficient (Wildman–Crippen LogP) is 1.22. The lowest BCUT2D eigenvalue weighted by Gasteiger charge is -2.31. The van der Waals surface area contributed by atoms with Crippen LogP contribution in [-0.2, 0) is 9.59 Å². The van der Waals surface area contributed by atoms with Gasteiger partial charge in [-0.3, -0.25) is 4.79 Å². The Kier molecular flexibility index (Phi) is 4.31. The molecule has 1 saturated heterocycles. The molecule has 0 bridgehead atoms.